The van der Waals surface area contributed by atoms with E-state index in [9.17, 15) is 9.59 Å². The van der Waals surface area contributed by atoms with Crippen molar-refractivity contribution in [3.05, 3.63) is 35.4 Å². The fourth-order valence-electron chi connectivity index (χ4n) is 2.92. The van der Waals surface area contributed by atoms with Crippen LogP contribution < -0.4 is 0 Å². The molecule has 2 rings (SSSR count). The standard InChI is InChI=1S/C18H25NO2/c1-14-3-5-16(6-4-14)7-8-17-9-11-19(12-10-17)18(21)13-15(2)20/h3-6,17H,7-13H2,1-2H3. The number of piperidine rings is 1. The van der Waals surface area contributed by atoms with E-state index < -0.39 is 0 Å². The van der Waals surface area contributed by atoms with Crippen LogP contribution in [0.2, 0.25) is 0 Å². The van der Waals surface area contributed by atoms with Gasteiger partial charge < -0.3 is 4.90 Å². The van der Waals surface area contributed by atoms with Gasteiger partial charge in [0.2, 0.25) is 5.91 Å². The average molecular weight is 287 g/mol. The summed E-state index contributed by atoms with van der Waals surface area (Å²) in [6.07, 6.45) is 4.50. The van der Waals surface area contributed by atoms with Crippen LogP contribution >= 0.6 is 0 Å². The first-order chi connectivity index (χ1) is 10.0. The van der Waals surface area contributed by atoms with Gasteiger partial charge in [-0.2, -0.15) is 0 Å². The Labute approximate surface area is 127 Å². The smallest absolute Gasteiger partial charge is 0.230 e. The number of hydrogen-bond donors (Lipinski definition) is 0. The maximum absolute atomic E-state index is 11.8. The number of likely N-dealkylation sites (tertiary alicyclic amines) is 1. The summed E-state index contributed by atoms with van der Waals surface area (Å²) in [6.45, 7) is 5.21. The number of benzene rings is 1. The van der Waals surface area contributed by atoms with Crippen molar-refractivity contribution in [2.75, 3.05) is 13.1 Å². The minimum Gasteiger partial charge on any atom is -0.342 e. The molecule has 1 heterocycles. The average Bonchev–Trinajstić information content (AvgIpc) is 2.46. The van der Waals surface area contributed by atoms with E-state index in [1.54, 1.807) is 0 Å². The molecule has 1 aromatic carbocycles. The van der Waals surface area contributed by atoms with Gasteiger partial charge in [-0.1, -0.05) is 29.8 Å². The van der Waals surface area contributed by atoms with Gasteiger partial charge in [0.1, 0.15) is 5.78 Å². The predicted octanol–water partition coefficient (Wildman–Crippen LogP) is 3.15. The molecular weight excluding hydrogens is 262 g/mol. The van der Waals surface area contributed by atoms with E-state index in [1.807, 2.05) is 4.90 Å². The van der Waals surface area contributed by atoms with Crippen molar-refractivity contribution in [3.63, 3.8) is 0 Å². The van der Waals surface area contributed by atoms with Crippen LogP contribution in [0, 0.1) is 12.8 Å². The predicted molar refractivity (Wildman–Crippen MR) is 84.1 cm³/mol. The Morgan fingerprint density at radius 2 is 1.76 bits per heavy atom. The number of ketones is 1. The monoisotopic (exact) mass is 287 g/mol. The molecule has 0 unspecified atom stereocenters. The lowest BCUT2D eigenvalue weighted by Gasteiger charge is -2.32. The Hall–Kier alpha value is -1.64. The first kappa shape index (κ1) is 15.7. The van der Waals surface area contributed by atoms with Gasteiger partial charge in [-0.15, -0.1) is 0 Å². The molecule has 114 valence electrons. The molecule has 1 fully saturated rings. The zero-order chi connectivity index (χ0) is 15.2. The molecule has 0 atom stereocenters. The Balaban J connectivity index is 1.73. The lowest BCUT2D eigenvalue weighted by Crippen LogP contribution is -2.39. The van der Waals surface area contributed by atoms with Crippen molar-refractivity contribution in [2.45, 2.75) is 46.0 Å². The first-order valence-corrected chi connectivity index (χ1v) is 7.87. The number of Topliss-reactive ketones (excluding diaryl/α,β-unsaturated/α-hetero) is 1. The van der Waals surface area contributed by atoms with Crippen LogP contribution in [0.15, 0.2) is 24.3 Å². The fourth-order valence-corrected chi connectivity index (χ4v) is 2.92. The van der Waals surface area contributed by atoms with Gasteiger partial charge in [0.05, 0.1) is 6.42 Å². The van der Waals surface area contributed by atoms with E-state index in [4.69, 9.17) is 0 Å². The highest BCUT2D eigenvalue weighted by atomic mass is 16.2. The van der Waals surface area contributed by atoms with E-state index in [0.29, 0.717) is 5.92 Å². The molecule has 0 bridgehead atoms. The summed E-state index contributed by atoms with van der Waals surface area (Å²) in [5.41, 5.74) is 2.70. The molecule has 21 heavy (non-hydrogen) atoms. The summed E-state index contributed by atoms with van der Waals surface area (Å²) in [5.74, 6) is 0.661. The maximum Gasteiger partial charge on any atom is 0.230 e. The Kier molecular flexibility index (Phi) is 5.54. The summed E-state index contributed by atoms with van der Waals surface area (Å²) in [5, 5.41) is 0. The second kappa shape index (κ2) is 7.39. The maximum atomic E-state index is 11.8. The van der Waals surface area contributed by atoms with Gasteiger partial charge in [0.25, 0.3) is 0 Å². The van der Waals surface area contributed by atoms with E-state index in [0.717, 1.165) is 32.4 Å². The number of rotatable bonds is 5. The van der Waals surface area contributed by atoms with E-state index in [2.05, 4.69) is 31.2 Å². The van der Waals surface area contributed by atoms with Crippen LogP contribution in [0.5, 0.6) is 0 Å². The molecule has 1 aliphatic rings. The molecule has 1 amide bonds. The summed E-state index contributed by atoms with van der Waals surface area (Å²) >= 11 is 0. The highest BCUT2D eigenvalue weighted by Crippen LogP contribution is 2.23. The molecule has 1 aromatic rings. The number of hydrogen-bond acceptors (Lipinski definition) is 2. The molecule has 0 aliphatic carbocycles. The summed E-state index contributed by atoms with van der Waals surface area (Å²) < 4.78 is 0. The third kappa shape index (κ3) is 5.00. The Morgan fingerprint density at radius 3 is 2.33 bits per heavy atom. The first-order valence-electron chi connectivity index (χ1n) is 7.87. The van der Waals surface area contributed by atoms with Gasteiger partial charge in [-0.3, -0.25) is 9.59 Å². The molecule has 3 heteroatoms. The summed E-state index contributed by atoms with van der Waals surface area (Å²) in [7, 11) is 0. The highest BCUT2D eigenvalue weighted by Gasteiger charge is 2.23. The highest BCUT2D eigenvalue weighted by molar-refractivity contribution is 5.96. The number of carbonyl (C=O) groups excluding carboxylic acids is 2. The van der Waals surface area contributed by atoms with Crippen molar-refractivity contribution < 1.29 is 9.59 Å². The van der Waals surface area contributed by atoms with E-state index in [-0.39, 0.29) is 18.1 Å². The van der Waals surface area contributed by atoms with Gasteiger partial charge in [0.15, 0.2) is 0 Å². The number of nitrogens with zero attached hydrogens (tertiary/aromatic N) is 1. The van der Waals surface area contributed by atoms with Gasteiger partial charge in [-0.05, 0) is 51.0 Å². The van der Waals surface area contributed by atoms with E-state index in [1.165, 1.54) is 24.5 Å². The van der Waals surface area contributed by atoms with Crippen LogP contribution in [0.1, 0.15) is 43.7 Å². The molecule has 1 aliphatic heterocycles. The lowest BCUT2D eigenvalue weighted by molar-refractivity contribution is -0.135. The largest absolute Gasteiger partial charge is 0.342 e. The minimum atomic E-state index is -0.0403. The van der Waals surface area contributed by atoms with Crippen LogP contribution in [0.3, 0.4) is 0 Å². The van der Waals surface area contributed by atoms with Gasteiger partial charge in [0, 0.05) is 13.1 Å². The van der Waals surface area contributed by atoms with Gasteiger partial charge in [-0.25, -0.2) is 0 Å². The van der Waals surface area contributed by atoms with Gasteiger partial charge >= 0.3 is 0 Å². The summed E-state index contributed by atoms with van der Waals surface area (Å²) in [4.78, 5) is 24.7. The Morgan fingerprint density at radius 1 is 1.14 bits per heavy atom. The number of carbonyl (C=O) groups is 2. The molecule has 0 aromatic heterocycles. The topological polar surface area (TPSA) is 37.4 Å². The molecule has 3 nitrogen and oxygen atoms in total. The summed E-state index contributed by atoms with van der Waals surface area (Å²) in [6, 6.07) is 8.75. The second-order valence-electron chi connectivity index (χ2n) is 6.23. The third-order valence-electron chi connectivity index (χ3n) is 4.33. The molecule has 0 N–H and O–H groups in total. The normalized spacial score (nSPS) is 16.0. The van der Waals surface area contributed by atoms with Crippen molar-refractivity contribution in [3.8, 4) is 0 Å². The van der Waals surface area contributed by atoms with Crippen molar-refractivity contribution >= 4 is 11.7 Å². The molecule has 0 spiro atoms. The number of amides is 1. The number of aryl methyl sites for hydroxylation is 2. The lowest BCUT2D eigenvalue weighted by atomic mass is 9.90. The SMILES string of the molecule is CC(=O)CC(=O)N1CCC(CCc2ccc(C)cc2)CC1. The molecule has 0 saturated carbocycles. The van der Waals surface area contributed by atoms with Crippen molar-refractivity contribution in [2.24, 2.45) is 5.92 Å². The Bertz CT molecular complexity index is 484. The minimum absolute atomic E-state index is 0.000477. The van der Waals surface area contributed by atoms with Crippen LogP contribution in [-0.2, 0) is 16.0 Å². The zero-order valence-electron chi connectivity index (χ0n) is 13.1. The fraction of sp³-hybridized carbons (Fsp3) is 0.556. The zero-order valence-corrected chi connectivity index (χ0v) is 13.1. The molecule has 0 radical (unpaired) electrons. The molecule has 1 saturated heterocycles. The van der Waals surface area contributed by atoms with Crippen molar-refractivity contribution in [1.82, 2.24) is 4.90 Å². The second-order valence-corrected chi connectivity index (χ2v) is 6.23. The van der Waals surface area contributed by atoms with E-state index >= 15 is 0 Å². The van der Waals surface area contributed by atoms with Crippen molar-refractivity contribution in [1.29, 1.82) is 0 Å². The molecular formula is C18H25NO2. The van der Waals surface area contributed by atoms with Crippen LogP contribution in [0.4, 0.5) is 0 Å². The third-order valence-corrected chi connectivity index (χ3v) is 4.33. The quantitative estimate of drug-likeness (QED) is 0.780. The van der Waals surface area contributed by atoms with Crippen LogP contribution in [0.25, 0.3) is 0 Å². The van der Waals surface area contributed by atoms with Crippen LogP contribution in [-0.4, -0.2) is 29.7 Å².